The van der Waals surface area contributed by atoms with Gasteiger partial charge in [-0.05, 0) is 44.9 Å². The van der Waals surface area contributed by atoms with Gasteiger partial charge in [-0.15, -0.1) is 0 Å². The van der Waals surface area contributed by atoms with Gasteiger partial charge in [-0.3, -0.25) is 4.79 Å². The summed E-state index contributed by atoms with van der Waals surface area (Å²) in [5.41, 5.74) is 1.08. The molecule has 3 heterocycles. The number of amides is 1. The lowest BCUT2D eigenvalue weighted by Crippen LogP contribution is -2.43. The van der Waals surface area contributed by atoms with Crippen LogP contribution in [0.1, 0.15) is 57.8 Å². The van der Waals surface area contributed by atoms with Gasteiger partial charge >= 0.3 is 0 Å². The van der Waals surface area contributed by atoms with Gasteiger partial charge in [-0.1, -0.05) is 12.8 Å². The molecule has 2 aliphatic heterocycles. The fourth-order valence-corrected chi connectivity index (χ4v) is 4.52. The SMILES string of the molecule is O=C(NC1CCCC1)C1CCN(c2cnc(N3CCCCC3)nc2)CC1. The van der Waals surface area contributed by atoms with E-state index in [1.54, 1.807) is 0 Å². The average Bonchev–Trinajstić information content (AvgIpc) is 3.22. The summed E-state index contributed by atoms with van der Waals surface area (Å²) >= 11 is 0. The molecule has 0 unspecified atom stereocenters. The molecule has 6 nitrogen and oxygen atoms in total. The van der Waals surface area contributed by atoms with Crippen molar-refractivity contribution < 1.29 is 4.79 Å². The minimum atomic E-state index is 0.167. The van der Waals surface area contributed by atoms with E-state index >= 15 is 0 Å². The van der Waals surface area contributed by atoms with Gasteiger partial charge in [0.15, 0.2) is 0 Å². The molecular weight excluding hydrogens is 326 g/mol. The Labute approximate surface area is 156 Å². The molecule has 1 N–H and O–H groups in total. The van der Waals surface area contributed by atoms with Crippen molar-refractivity contribution in [3.63, 3.8) is 0 Å². The fourth-order valence-electron chi connectivity index (χ4n) is 4.52. The first-order chi connectivity index (χ1) is 12.8. The Bertz CT molecular complexity index is 585. The lowest BCUT2D eigenvalue weighted by molar-refractivity contribution is -0.126. The van der Waals surface area contributed by atoms with E-state index < -0.39 is 0 Å². The van der Waals surface area contributed by atoms with E-state index in [4.69, 9.17) is 0 Å². The Balaban J connectivity index is 1.28. The van der Waals surface area contributed by atoms with Crippen LogP contribution in [0, 0.1) is 5.92 Å². The third-order valence-corrected chi connectivity index (χ3v) is 6.20. The van der Waals surface area contributed by atoms with E-state index in [9.17, 15) is 4.79 Å². The maximum absolute atomic E-state index is 12.5. The first-order valence-corrected chi connectivity index (χ1v) is 10.4. The molecule has 0 aromatic carbocycles. The number of piperidine rings is 2. The summed E-state index contributed by atoms with van der Waals surface area (Å²) in [6.07, 6.45) is 14.4. The fraction of sp³-hybridized carbons (Fsp3) is 0.750. The van der Waals surface area contributed by atoms with Crippen molar-refractivity contribution in [2.45, 2.75) is 63.8 Å². The number of hydrogen-bond acceptors (Lipinski definition) is 5. The number of rotatable bonds is 4. The molecule has 0 radical (unpaired) electrons. The second kappa shape index (κ2) is 8.23. The third-order valence-electron chi connectivity index (χ3n) is 6.20. The molecule has 0 atom stereocenters. The van der Waals surface area contributed by atoms with Crippen molar-refractivity contribution in [2.24, 2.45) is 5.92 Å². The molecule has 3 fully saturated rings. The predicted molar refractivity (Wildman–Crippen MR) is 103 cm³/mol. The molecule has 0 spiro atoms. The number of nitrogens with zero attached hydrogens (tertiary/aromatic N) is 4. The maximum Gasteiger partial charge on any atom is 0.225 e. The molecule has 1 aliphatic carbocycles. The molecule has 2 saturated heterocycles. The largest absolute Gasteiger partial charge is 0.369 e. The zero-order valence-corrected chi connectivity index (χ0v) is 15.7. The van der Waals surface area contributed by atoms with Crippen LogP contribution in [0.5, 0.6) is 0 Å². The smallest absolute Gasteiger partial charge is 0.225 e. The second-order valence-corrected chi connectivity index (χ2v) is 8.04. The van der Waals surface area contributed by atoms with Crippen LogP contribution in [0.3, 0.4) is 0 Å². The minimum absolute atomic E-state index is 0.167. The van der Waals surface area contributed by atoms with Crippen molar-refractivity contribution in [3.8, 4) is 0 Å². The quantitative estimate of drug-likeness (QED) is 0.898. The molecule has 1 saturated carbocycles. The minimum Gasteiger partial charge on any atom is -0.369 e. The van der Waals surface area contributed by atoms with Gasteiger partial charge in [0.1, 0.15) is 0 Å². The van der Waals surface area contributed by atoms with E-state index in [-0.39, 0.29) is 11.8 Å². The molecule has 1 amide bonds. The van der Waals surface area contributed by atoms with Gasteiger partial charge in [0.2, 0.25) is 11.9 Å². The van der Waals surface area contributed by atoms with E-state index in [1.807, 2.05) is 12.4 Å². The van der Waals surface area contributed by atoms with Crippen molar-refractivity contribution in [1.82, 2.24) is 15.3 Å². The van der Waals surface area contributed by atoms with Gasteiger partial charge in [-0.2, -0.15) is 0 Å². The van der Waals surface area contributed by atoms with Crippen LogP contribution in [0.25, 0.3) is 0 Å². The molecule has 142 valence electrons. The zero-order valence-electron chi connectivity index (χ0n) is 15.7. The zero-order chi connectivity index (χ0) is 17.8. The number of carbonyl (C=O) groups excluding carboxylic acids is 1. The van der Waals surface area contributed by atoms with Crippen LogP contribution in [0.15, 0.2) is 12.4 Å². The molecule has 1 aromatic rings. The topological polar surface area (TPSA) is 61.4 Å². The summed E-state index contributed by atoms with van der Waals surface area (Å²) in [4.78, 5) is 26.2. The van der Waals surface area contributed by atoms with Crippen LogP contribution >= 0.6 is 0 Å². The van der Waals surface area contributed by atoms with Gasteiger partial charge in [0.25, 0.3) is 0 Å². The van der Waals surface area contributed by atoms with Gasteiger partial charge in [0.05, 0.1) is 18.1 Å². The Morgan fingerprint density at radius 2 is 1.50 bits per heavy atom. The monoisotopic (exact) mass is 357 g/mol. The van der Waals surface area contributed by atoms with E-state index in [0.717, 1.165) is 63.5 Å². The molecule has 26 heavy (non-hydrogen) atoms. The number of aromatic nitrogens is 2. The van der Waals surface area contributed by atoms with Gasteiger partial charge < -0.3 is 15.1 Å². The lowest BCUT2D eigenvalue weighted by Gasteiger charge is -2.33. The van der Waals surface area contributed by atoms with Crippen molar-refractivity contribution >= 4 is 17.5 Å². The Kier molecular flexibility index (Phi) is 5.56. The molecule has 3 aliphatic rings. The van der Waals surface area contributed by atoms with Crippen molar-refractivity contribution in [2.75, 3.05) is 36.0 Å². The first-order valence-electron chi connectivity index (χ1n) is 10.4. The summed E-state index contributed by atoms with van der Waals surface area (Å²) in [7, 11) is 0. The Hall–Kier alpha value is -1.85. The molecule has 4 rings (SSSR count). The number of carbonyl (C=O) groups is 1. The summed E-state index contributed by atoms with van der Waals surface area (Å²) in [5, 5.41) is 3.26. The average molecular weight is 358 g/mol. The van der Waals surface area contributed by atoms with E-state index in [2.05, 4.69) is 25.1 Å². The van der Waals surface area contributed by atoms with Crippen molar-refractivity contribution in [1.29, 1.82) is 0 Å². The van der Waals surface area contributed by atoms with E-state index in [0.29, 0.717) is 6.04 Å². The normalized spacial score (nSPS) is 22.6. The van der Waals surface area contributed by atoms with Crippen LogP contribution in [-0.4, -0.2) is 48.1 Å². The summed E-state index contributed by atoms with van der Waals surface area (Å²) in [6, 6.07) is 0.427. The van der Waals surface area contributed by atoms with Crippen LogP contribution in [0.4, 0.5) is 11.6 Å². The standard InChI is InChI=1S/C20H31N5O/c26-19(23-17-6-2-3-7-17)16-8-12-24(13-9-16)18-14-21-20(22-15-18)25-10-4-1-5-11-25/h14-17H,1-13H2,(H,23,26). The highest BCUT2D eigenvalue weighted by Crippen LogP contribution is 2.25. The van der Waals surface area contributed by atoms with Crippen molar-refractivity contribution in [3.05, 3.63) is 12.4 Å². The highest BCUT2D eigenvalue weighted by molar-refractivity contribution is 5.79. The summed E-state index contributed by atoms with van der Waals surface area (Å²) < 4.78 is 0. The molecule has 1 aromatic heterocycles. The third kappa shape index (κ3) is 4.10. The first kappa shape index (κ1) is 17.6. The van der Waals surface area contributed by atoms with Gasteiger partial charge in [-0.25, -0.2) is 9.97 Å². The summed E-state index contributed by atoms with van der Waals surface area (Å²) in [6.45, 7) is 3.96. The predicted octanol–water partition coefficient (Wildman–Crippen LogP) is 2.74. The van der Waals surface area contributed by atoms with Gasteiger partial charge in [0, 0.05) is 38.1 Å². The molecular formula is C20H31N5O. The van der Waals surface area contributed by atoms with Crippen LogP contribution in [0.2, 0.25) is 0 Å². The molecule has 0 bridgehead atoms. The number of hydrogen-bond donors (Lipinski definition) is 1. The highest BCUT2D eigenvalue weighted by Gasteiger charge is 2.27. The Morgan fingerprint density at radius 1 is 0.846 bits per heavy atom. The molecule has 6 heteroatoms. The van der Waals surface area contributed by atoms with E-state index in [1.165, 1.54) is 32.1 Å². The maximum atomic E-state index is 12.5. The lowest BCUT2D eigenvalue weighted by atomic mass is 9.95. The van der Waals surface area contributed by atoms with Crippen LogP contribution < -0.4 is 15.1 Å². The number of nitrogens with one attached hydrogen (secondary N) is 1. The Morgan fingerprint density at radius 3 is 2.15 bits per heavy atom. The highest BCUT2D eigenvalue weighted by atomic mass is 16.1. The number of anilines is 2. The van der Waals surface area contributed by atoms with Crippen LogP contribution in [-0.2, 0) is 4.79 Å². The summed E-state index contributed by atoms with van der Waals surface area (Å²) in [5.74, 6) is 1.30. The second-order valence-electron chi connectivity index (χ2n) is 8.04.